The molecule has 0 atom stereocenters. The minimum absolute atomic E-state index is 0.0957. The molecule has 13 heteroatoms. The van der Waals surface area contributed by atoms with Gasteiger partial charge in [-0.25, -0.2) is 0 Å². The molecule has 2 rings (SSSR count). The van der Waals surface area contributed by atoms with Crippen LogP contribution in [-0.4, -0.2) is 150 Å². The molecule has 2 aliphatic rings. The lowest BCUT2D eigenvalue weighted by Crippen LogP contribution is -2.48. The highest BCUT2D eigenvalue weighted by molar-refractivity contribution is 7.99. The molecule has 0 radical (unpaired) electrons. The third kappa shape index (κ3) is 9.53. The quantitative estimate of drug-likeness (QED) is 0.308. The average molecular weight is 459 g/mol. The number of nitrogens with zero attached hydrogens (tertiary/aromatic N) is 4. The van der Waals surface area contributed by atoms with E-state index < -0.39 is 20.2 Å². The zero-order valence-corrected chi connectivity index (χ0v) is 18.5. The van der Waals surface area contributed by atoms with Crippen molar-refractivity contribution in [3.8, 4) is 0 Å². The van der Waals surface area contributed by atoms with Crippen molar-refractivity contribution in [3.05, 3.63) is 0 Å². The maximum atomic E-state index is 12.1. The van der Waals surface area contributed by atoms with E-state index in [4.69, 9.17) is 10.2 Å². The van der Waals surface area contributed by atoms with E-state index in [1.54, 1.807) is 0 Å². The highest BCUT2D eigenvalue weighted by Crippen LogP contribution is 2.08. The predicted octanol–water partition coefficient (Wildman–Crippen LogP) is -3.12. The number of aliphatic hydroxyl groups is 2. The van der Waals surface area contributed by atoms with E-state index in [-0.39, 0.29) is 37.8 Å². The van der Waals surface area contributed by atoms with Crippen LogP contribution in [0.2, 0.25) is 0 Å². The Morgan fingerprint density at radius 2 is 0.828 bits per heavy atom. The van der Waals surface area contributed by atoms with Crippen LogP contribution >= 0.6 is 0 Å². The van der Waals surface area contributed by atoms with Crippen molar-refractivity contribution >= 4 is 20.2 Å². The van der Waals surface area contributed by atoms with Crippen molar-refractivity contribution in [2.24, 2.45) is 0 Å². The minimum atomic E-state index is -4.17. The molecule has 0 aromatic carbocycles. The van der Waals surface area contributed by atoms with Crippen LogP contribution in [0.4, 0.5) is 0 Å². The summed E-state index contributed by atoms with van der Waals surface area (Å²) in [6.07, 6.45) is 0. The molecule has 2 saturated heterocycles. The highest BCUT2D eigenvalue weighted by Gasteiger charge is 2.26. The number of aliphatic hydroxyl groups excluding tert-OH is 2. The van der Waals surface area contributed by atoms with Crippen LogP contribution in [0.15, 0.2) is 0 Å². The molecule has 0 unspecified atom stereocenters. The SMILES string of the molecule is O=S(=O)(CCN1CCN(CCO)CC1)OS(=O)(=O)CCN1CCN(CCO)CC1. The highest BCUT2D eigenvalue weighted by atomic mass is 32.3. The number of piperazine rings is 2. The molecule has 0 aromatic rings. The standard InChI is InChI=1S/C16H34N4O7S2/c21-13-9-17-1-5-19(6-2-17)11-15-28(23,24)27-29(25,26)16-12-20-7-3-18(4-8-20)10-14-22/h21-22H,1-16H2. The number of rotatable bonds is 12. The van der Waals surface area contributed by atoms with Gasteiger partial charge in [-0.15, -0.1) is 3.63 Å². The van der Waals surface area contributed by atoms with Crippen molar-refractivity contribution in [1.29, 1.82) is 0 Å². The number of hydrogen-bond donors (Lipinski definition) is 2. The Labute approximate surface area is 174 Å². The minimum Gasteiger partial charge on any atom is -0.395 e. The second kappa shape index (κ2) is 11.9. The summed E-state index contributed by atoms with van der Waals surface area (Å²) in [6, 6.07) is 0. The molecule has 172 valence electrons. The molecule has 0 aromatic heterocycles. The van der Waals surface area contributed by atoms with E-state index in [9.17, 15) is 16.8 Å². The van der Waals surface area contributed by atoms with Crippen LogP contribution in [0.1, 0.15) is 0 Å². The fraction of sp³-hybridized carbons (Fsp3) is 1.00. The predicted molar refractivity (Wildman–Crippen MR) is 109 cm³/mol. The molecular formula is C16H34N4O7S2. The summed E-state index contributed by atoms with van der Waals surface area (Å²) in [5.41, 5.74) is 0. The summed E-state index contributed by atoms with van der Waals surface area (Å²) in [4.78, 5) is 8.09. The van der Waals surface area contributed by atoms with E-state index in [0.717, 1.165) is 26.2 Å². The van der Waals surface area contributed by atoms with Crippen molar-refractivity contribution in [2.45, 2.75) is 0 Å². The fourth-order valence-electron chi connectivity index (χ4n) is 3.46. The van der Waals surface area contributed by atoms with Crippen molar-refractivity contribution in [3.63, 3.8) is 0 Å². The zero-order chi connectivity index (χ0) is 21.3. The molecule has 0 saturated carbocycles. The van der Waals surface area contributed by atoms with Crippen molar-refractivity contribution in [1.82, 2.24) is 19.6 Å². The Kier molecular flexibility index (Phi) is 10.2. The zero-order valence-electron chi connectivity index (χ0n) is 16.9. The van der Waals surface area contributed by atoms with E-state index in [0.29, 0.717) is 39.3 Å². The van der Waals surface area contributed by atoms with Crippen LogP contribution in [0, 0.1) is 0 Å². The lowest BCUT2D eigenvalue weighted by atomic mass is 10.3. The molecule has 11 nitrogen and oxygen atoms in total. The lowest BCUT2D eigenvalue weighted by molar-refractivity contribution is 0.116. The molecule has 0 amide bonds. The Bertz CT molecular complexity index is 615. The molecule has 0 aliphatic carbocycles. The Balaban J connectivity index is 1.69. The molecule has 0 bridgehead atoms. The van der Waals surface area contributed by atoms with E-state index >= 15 is 0 Å². The van der Waals surface area contributed by atoms with Gasteiger partial charge in [0.05, 0.1) is 24.7 Å². The smallest absolute Gasteiger partial charge is 0.283 e. The largest absolute Gasteiger partial charge is 0.395 e. The van der Waals surface area contributed by atoms with Crippen LogP contribution < -0.4 is 0 Å². The first kappa shape index (κ1) is 24.9. The Morgan fingerprint density at radius 3 is 1.10 bits per heavy atom. The van der Waals surface area contributed by atoms with Gasteiger partial charge in [0.1, 0.15) is 0 Å². The number of hydrogen-bond acceptors (Lipinski definition) is 11. The first-order valence-electron chi connectivity index (χ1n) is 10.0. The third-order valence-corrected chi connectivity index (χ3v) is 8.31. The first-order chi connectivity index (χ1) is 13.7. The van der Waals surface area contributed by atoms with Crippen LogP contribution in [0.5, 0.6) is 0 Å². The summed E-state index contributed by atoms with van der Waals surface area (Å²) in [5.74, 6) is -0.738. The summed E-state index contributed by atoms with van der Waals surface area (Å²) in [5, 5.41) is 17.9. The average Bonchev–Trinajstić information content (AvgIpc) is 2.67. The Morgan fingerprint density at radius 1 is 0.552 bits per heavy atom. The van der Waals surface area contributed by atoms with Gasteiger partial charge in [0, 0.05) is 78.5 Å². The molecule has 2 aliphatic heterocycles. The van der Waals surface area contributed by atoms with Crippen LogP contribution in [-0.2, 0) is 23.9 Å². The van der Waals surface area contributed by atoms with Gasteiger partial charge in [-0.05, 0) is 0 Å². The van der Waals surface area contributed by atoms with Gasteiger partial charge in [-0.2, -0.15) is 16.8 Å². The van der Waals surface area contributed by atoms with Crippen LogP contribution in [0.25, 0.3) is 0 Å². The summed E-state index contributed by atoms with van der Waals surface area (Å²) >= 11 is 0. The van der Waals surface area contributed by atoms with Crippen LogP contribution in [0.3, 0.4) is 0 Å². The molecule has 0 spiro atoms. The van der Waals surface area contributed by atoms with E-state index in [1.807, 2.05) is 9.80 Å². The van der Waals surface area contributed by atoms with Gasteiger partial charge < -0.3 is 10.2 Å². The second-order valence-corrected chi connectivity index (χ2v) is 11.0. The van der Waals surface area contributed by atoms with Gasteiger partial charge in [0.2, 0.25) is 0 Å². The Hall–Kier alpha value is -0.380. The molecule has 2 heterocycles. The van der Waals surface area contributed by atoms with E-state index in [2.05, 4.69) is 13.4 Å². The molecule has 29 heavy (non-hydrogen) atoms. The summed E-state index contributed by atoms with van der Waals surface area (Å²) in [6.45, 7) is 7.48. The topological polar surface area (TPSA) is 131 Å². The van der Waals surface area contributed by atoms with Crippen molar-refractivity contribution < 1.29 is 30.7 Å². The monoisotopic (exact) mass is 458 g/mol. The third-order valence-electron chi connectivity index (χ3n) is 5.28. The molecular weight excluding hydrogens is 424 g/mol. The maximum absolute atomic E-state index is 12.1. The molecule has 2 fully saturated rings. The van der Waals surface area contributed by atoms with Gasteiger partial charge in [-0.1, -0.05) is 0 Å². The lowest BCUT2D eigenvalue weighted by Gasteiger charge is -2.34. The maximum Gasteiger partial charge on any atom is 0.283 e. The van der Waals surface area contributed by atoms with Gasteiger partial charge in [0.25, 0.3) is 20.2 Å². The number of β-amino-alcohol motifs (C(OH)–C–C–N with tert-alkyl or cyclic N) is 2. The normalized spacial score (nSPS) is 21.6. The fourth-order valence-corrected chi connectivity index (χ4v) is 6.24. The first-order valence-corrected chi connectivity index (χ1v) is 13.2. The van der Waals surface area contributed by atoms with Crippen molar-refractivity contribution in [2.75, 3.05) is 103 Å². The summed E-state index contributed by atoms with van der Waals surface area (Å²) in [7, 11) is -8.34. The molecule has 2 N–H and O–H groups in total. The van der Waals surface area contributed by atoms with Gasteiger partial charge >= 0.3 is 0 Å². The van der Waals surface area contributed by atoms with Gasteiger partial charge in [0.15, 0.2) is 0 Å². The van der Waals surface area contributed by atoms with E-state index in [1.165, 1.54) is 0 Å². The second-order valence-electron chi connectivity index (χ2n) is 7.41. The van der Waals surface area contributed by atoms with Gasteiger partial charge in [-0.3, -0.25) is 19.6 Å². The summed E-state index contributed by atoms with van der Waals surface area (Å²) < 4.78 is 53.0.